The van der Waals surface area contributed by atoms with Crippen molar-refractivity contribution in [2.75, 3.05) is 0 Å². The molecule has 0 radical (unpaired) electrons. The Labute approximate surface area is 102 Å². The minimum atomic E-state index is -2.24. The molecule has 0 N–H and O–H groups in total. The maximum atomic E-state index is 12.0. The summed E-state index contributed by atoms with van der Waals surface area (Å²) < 4.78 is 8.21. The average molecular weight is 330 g/mol. The van der Waals surface area contributed by atoms with Crippen LogP contribution in [0, 0.1) is 0 Å². The molecule has 3 nitrogen and oxygen atoms in total. The summed E-state index contributed by atoms with van der Waals surface area (Å²) in [7, 11) is 0. The summed E-state index contributed by atoms with van der Waals surface area (Å²) in [5.74, 6) is 0. The van der Waals surface area contributed by atoms with E-state index in [1.165, 1.54) is 3.71 Å². The van der Waals surface area contributed by atoms with Crippen LogP contribution in [0.5, 0.6) is 0 Å². The Morgan fingerprint density at radius 3 is 2.31 bits per heavy atom. The van der Waals surface area contributed by atoms with Crippen molar-refractivity contribution in [2.24, 2.45) is 0 Å². The van der Waals surface area contributed by atoms with E-state index in [-0.39, 0.29) is 6.09 Å². The normalized spacial score (nSPS) is 12.6. The summed E-state index contributed by atoms with van der Waals surface area (Å²) in [6.45, 7) is 5.65. The van der Waals surface area contributed by atoms with Crippen LogP contribution in [0.1, 0.15) is 20.8 Å². The molecular formula is C12H21NO2Sn. The number of carbonyl (C=O) groups is 1. The first kappa shape index (κ1) is 13.6. The summed E-state index contributed by atoms with van der Waals surface area (Å²) in [6, 6.07) is 3.96. The summed E-state index contributed by atoms with van der Waals surface area (Å²) in [5.41, 5.74) is -0.438. The molecule has 0 saturated heterocycles. The van der Waals surface area contributed by atoms with Gasteiger partial charge in [0.15, 0.2) is 0 Å². The Balaban J connectivity index is 2.98. The molecule has 0 unspecified atom stereocenters. The molecule has 0 bridgehead atoms. The second kappa shape index (κ2) is 4.43. The predicted molar refractivity (Wildman–Crippen MR) is 69.0 cm³/mol. The number of aromatic nitrogens is 1. The molecule has 0 aromatic carbocycles. The van der Waals surface area contributed by atoms with Crippen LogP contribution < -0.4 is 3.71 Å². The van der Waals surface area contributed by atoms with Gasteiger partial charge in [0.25, 0.3) is 0 Å². The number of rotatable bonds is 1. The molecule has 4 heteroatoms. The zero-order valence-corrected chi connectivity index (χ0v) is 13.8. The third-order valence-electron chi connectivity index (χ3n) is 2.11. The van der Waals surface area contributed by atoms with Crippen LogP contribution in [0.2, 0.25) is 14.8 Å². The van der Waals surface area contributed by atoms with Gasteiger partial charge in [-0.2, -0.15) is 0 Å². The molecule has 0 saturated carbocycles. The van der Waals surface area contributed by atoms with Crippen molar-refractivity contribution < 1.29 is 9.53 Å². The maximum absolute atomic E-state index is 12.0. The molecule has 1 heterocycles. The molecule has 16 heavy (non-hydrogen) atoms. The van der Waals surface area contributed by atoms with Crippen LogP contribution in [-0.4, -0.2) is 34.6 Å². The van der Waals surface area contributed by atoms with Crippen LogP contribution in [0.4, 0.5) is 4.79 Å². The number of hydrogen-bond donors (Lipinski definition) is 0. The first-order chi connectivity index (χ1) is 7.11. The van der Waals surface area contributed by atoms with E-state index in [0.29, 0.717) is 0 Å². The van der Waals surface area contributed by atoms with Crippen molar-refractivity contribution in [1.82, 2.24) is 4.57 Å². The van der Waals surface area contributed by atoms with E-state index in [0.717, 1.165) is 0 Å². The van der Waals surface area contributed by atoms with Crippen LogP contribution in [0.25, 0.3) is 0 Å². The number of hydrogen-bond acceptors (Lipinski definition) is 2. The number of nitrogens with zero attached hydrogens (tertiary/aromatic N) is 1. The van der Waals surface area contributed by atoms with Gasteiger partial charge in [-0.1, -0.05) is 0 Å². The summed E-state index contributed by atoms with van der Waals surface area (Å²) in [5, 5.41) is 0. The van der Waals surface area contributed by atoms with Gasteiger partial charge in [-0.25, -0.2) is 0 Å². The quantitative estimate of drug-likeness (QED) is 0.742. The van der Waals surface area contributed by atoms with Gasteiger partial charge in [0, 0.05) is 0 Å². The zero-order valence-electron chi connectivity index (χ0n) is 11.0. The molecule has 0 aliphatic heterocycles. The monoisotopic (exact) mass is 331 g/mol. The summed E-state index contributed by atoms with van der Waals surface area (Å²) in [4.78, 5) is 18.8. The van der Waals surface area contributed by atoms with Crippen LogP contribution in [0.15, 0.2) is 18.3 Å². The van der Waals surface area contributed by atoms with E-state index in [1.54, 1.807) is 10.8 Å². The zero-order chi connectivity index (χ0) is 12.6. The van der Waals surface area contributed by atoms with Crippen molar-refractivity contribution in [1.29, 1.82) is 0 Å². The molecular weight excluding hydrogens is 309 g/mol. The topological polar surface area (TPSA) is 31.2 Å². The van der Waals surface area contributed by atoms with Crippen molar-refractivity contribution in [3.8, 4) is 0 Å². The molecule has 1 aromatic rings. The Bertz CT molecular complexity index is 382. The molecule has 1 aromatic heterocycles. The molecule has 0 atom stereocenters. The Hall–Kier alpha value is -0.451. The predicted octanol–water partition coefficient (Wildman–Crippen LogP) is 2.82. The standard InChI is InChI=1S/C9H12NO2.3CH3.Sn/c1-9(2,3)12-8(11)10-6-4-5-7-10;;;;/h4-6H,1-3H3;3*1H3;. The molecule has 0 aliphatic rings. The van der Waals surface area contributed by atoms with Crippen molar-refractivity contribution >= 4 is 28.2 Å². The van der Waals surface area contributed by atoms with Gasteiger partial charge in [0.05, 0.1) is 0 Å². The average Bonchev–Trinajstić information content (AvgIpc) is 2.45. The van der Waals surface area contributed by atoms with Gasteiger partial charge < -0.3 is 0 Å². The fourth-order valence-corrected chi connectivity index (χ4v) is 5.70. The summed E-state index contributed by atoms with van der Waals surface area (Å²) in [6.07, 6.45) is 1.53. The molecule has 0 fully saturated rings. The molecule has 1 rings (SSSR count). The molecule has 90 valence electrons. The number of ether oxygens (including phenoxy) is 1. The van der Waals surface area contributed by atoms with E-state index in [1.807, 2.05) is 32.9 Å². The third kappa shape index (κ3) is 3.54. The Kier molecular flexibility index (Phi) is 3.77. The third-order valence-corrected chi connectivity index (χ3v) is 7.66. The molecule has 0 amide bonds. The van der Waals surface area contributed by atoms with E-state index in [2.05, 4.69) is 14.8 Å². The molecule has 0 aliphatic carbocycles. The summed E-state index contributed by atoms with van der Waals surface area (Å²) >= 11 is -2.24. The van der Waals surface area contributed by atoms with Gasteiger partial charge in [0.2, 0.25) is 0 Å². The first-order valence-corrected chi connectivity index (χ1v) is 15.5. The van der Waals surface area contributed by atoms with E-state index >= 15 is 0 Å². The van der Waals surface area contributed by atoms with E-state index < -0.39 is 24.0 Å². The SMILES string of the molecule is CC(C)(C)OC(=O)n1ccc[c]1[Sn]([CH3])([CH3])[CH3]. The van der Waals surface area contributed by atoms with Crippen LogP contribution in [-0.2, 0) is 4.74 Å². The van der Waals surface area contributed by atoms with Crippen molar-refractivity contribution in [3.05, 3.63) is 18.3 Å². The number of carbonyl (C=O) groups excluding carboxylic acids is 1. The van der Waals surface area contributed by atoms with Crippen molar-refractivity contribution in [2.45, 2.75) is 41.2 Å². The van der Waals surface area contributed by atoms with Crippen molar-refractivity contribution in [3.63, 3.8) is 0 Å². The van der Waals surface area contributed by atoms with Crippen LogP contribution in [0.3, 0.4) is 0 Å². The Morgan fingerprint density at radius 1 is 1.31 bits per heavy atom. The van der Waals surface area contributed by atoms with E-state index in [9.17, 15) is 4.79 Å². The Morgan fingerprint density at radius 2 is 1.88 bits per heavy atom. The van der Waals surface area contributed by atoms with Gasteiger partial charge in [-0.15, -0.1) is 0 Å². The first-order valence-electron chi connectivity index (χ1n) is 5.52. The van der Waals surface area contributed by atoms with Gasteiger partial charge in [0.1, 0.15) is 0 Å². The second-order valence-corrected chi connectivity index (χ2v) is 20.3. The van der Waals surface area contributed by atoms with Crippen LogP contribution >= 0.6 is 0 Å². The minimum absolute atomic E-state index is 0.265. The fourth-order valence-electron chi connectivity index (χ4n) is 1.46. The van der Waals surface area contributed by atoms with Gasteiger partial charge in [-0.3, -0.25) is 0 Å². The fraction of sp³-hybridized carbons (Fsp3) is 0.583. The second-order valence-electron chi connectivity index (χ2n) is 5.99. The van der Waals surface area contributed by atoms with Gasteiger partial charge >= 0.3 is 102 Å². The van der Waals surface area contributed by atoms with Gasteiger partial charge in [-0.05, 0) is 0 Å². The van der Waals surface area contributed by atoms with E-state index in [4.69, 9.17) is 4.74 Å². The molecule has 0 spiro atoms.